The van der Waals surface area contributed by atoms with E-state index in [1.807, 2.05) is 0 Å². The highest BCUT2D eigenvalue weighted by atomic mass is 79.9. The van der Waals surface area contributed by atoms with Gasteiger partial charge < -0.3 is 4.74 Å². The van der Waals surface area contributed by atoms with Crippen molar-refractivity contribution in [3.63, 3.8) is 0 Å². The maximum atomic E-state index is 5.71. The van der Waals surface area contributed by atoms with E-state index < -0.39 is 0 Å². The van der Waals surface area contributed by atoms with Crippen molar-refractivity contribution in [2.75, 3.05) is 11.9 Å². The Morgan fingerprint density at radius 3 is 2.73 bits per heavy atom. The predicted octanol–water partition coefficient (Wildman–Crippen LogP) is 2.59. The van der Waals surface area contributed by atoms with Gasteiger partial charge in [-0.25, -0.2) is 0 Å². The summed E-state index contributed by atoms with van der Waals surface area (Å²) in [6.45, 7) is 3.33. The Morgan fingerprint density at radius 1 is 1.64 bits per heavy atom. The summed E-state index contributed by atoms with van der Waals surface area (Å²) in [4.78, 5) is 0. The summed E-state index contributed by atoms with van der Waals surface area (Å²) < 4.78 is 5.71. The molecule has 1 saturated carbocycles. The van der Waals surface area contributed by atoms with Crippen LogP contribution in [0.5, 0.6) is 0 Å². The Labute approximate surface area is 76.6 Å². The van der Waals surface area contributed by atoms with Crippen LogP contribution in [0.3, 0.4) is 0 Å². The van der Waals surface area contributed by atoms with E-state index in [-0.39, 0.29) is 0 Å². The van der Waals surface area contributed by atoms with Crippen LogP contribution in [0.4, 0.5) is 0 Å². The van der Waals surface area contributed by atoms with E-state index in [1.165, 1.54) is 19.3 Å². The van der Waals surface area contributed by atoms with Crippen LogP contribution < -0.4 is 0 Å². The van der Waals surface area contributed by atoms with Gasteiger partial charge in [-0.15, -0.1) is 0 Å². The van der Waals surface area contributed by atoms with Gasteiger partial charge in [-0.1, -0.05) is 22.9 Å². The fourth-order valence-electron chi connectivity index (χ4n) is 2.26. The van der Waals surface area contributed by atoms with Crippen LogP contribution in [0, 0.1) is 11.3 Å². The first-order chi connectivity index (χ1) is 5.29. The molecule has 0 radical (unpaired) electrons. The molecule has 0 amide bonds. The number of halogens is 1. The summed E-state index contributed by atoms with van der Waals surface area (Å²) in [6, 6.07) is 0. The van der Waals surface area contributed by atoms with Crippen LogP contribution in [0.25, 0.3) is 0 Å². The van der Waals surface area contributed by atoms with E-state index in [4.69, 9.17) is 4.74 Å². The van der Waals surface area contributed by atoms with Crippen LogP contribution >= 0.6 is 15.9 Å². The van der Waals surface area contributed by atoms with Gasteiger partial charge in [0.2, 0.25) is 0 Å². The number of hydrogen-bond donors (Lipinski definition) is 0. The van der Waals surface area contributed by atoms with Gasteiger partial charge in [0.25, 0.3) is 0 Å². The lowest BCUT2D eigenvalue weighted by atomic mass is 9.97. The monoisotopic (exact) mass is 218 g/mol. The van der Waals surface area contributed by atoms with E-state index in [9.17, 15) is 0 Å². The molecule has 2 heteroatoms. The minimum absolute atomic E-state index is 0.524. The fraction of sp³-hybridized carbons (Fsp3) is 1.00. The second kappa shape index (κ2) is 2.74. The van der Waals surface area contributed by atoms with Crippen molar-refractivity contribution in [3.8, 4) is 0 Å². The van der Waals surface area contributed by atoms with Crippen molar-refractivity contribution in [3.05, 3.63) is 0 Å². The van der Waals surface area contributed by atoms with E-state index in [2.05, 4.69) is 22.9 Å². The molecule has 1 saturated heterocycles. The van der Waals surface area contributed by atoms with Crippen molar-refractivity contribution in [1.82, 2.24) is 0 Å². The van der Waals surface area contributed by atoms with Crippen LogP contribution in [0.2, 0.25) is 0 Å². The molecule has 2 rings (SSSR count). The molecule has 1 heterocycles. The number of ether oxygens (including phenoxy) is 1. The summed E-state index contributed by atoms with van der Waals surface area (Å²) in [5.41, 5.74) is 0.524. The van der Waals surface area contributed by atoms with Crippen molar-refractivity contribution in [1.29, 1.82) is 0 Å². The molecule has 0 spiro atoms. The molecular weight excluding hydrogens is 204 g/mol. The summed E-state index contributed by atoms with van der Waals surface area (Å²) in [6.07, 6.45) is 4.49. The van der Waals surface area contributed by atoms with Crippen molar-refractivity contribution in [2.24, 2.45) is 11.3 Å². The lowest BCUT2D eigenvalue weighted by Gasteiger charge is -2.20. The summed E-state index contributed by atoms with van der Waals surface area (Å²) in [7, 11) is 0. The third kappa shape index (κ3) is 1.15. The third-order valence-corrected chi connectivity index (χ3v) is 4.37. The molecule has 0 bridgehead atoms. The predicted molar refractivity (Wildman–Crippen MR) is 49.0 cm³/mol. The third-order valence-electron chi connectivity index (χ3n) is 3.33. The molecule has 0 aromatic heterocycles. The maximum Gasteiger partial charge on any atom is 0.0642 e. The van der Waals surface area contributed by atoms with Gasteiger partial charge in [0, 0.05) is 17.4 Å². The highest BCUT2D eigenvalue weighted by molar-refractivity contribution is 9.09. The SMILES string of the molecule is CC1CC1(CBr)C1CCCO1. The highest BCUT2D eigenvalue weighted by Crippen LogP contribution is 2.58. The molecule has 2 fully saturated rings. The average Bonchev–Trinajstić information content (AvgIpc) is 2.55. The zero-order valence-electron chi connectivity index (χ0n) is 6.98. The Kier molecular flexibility index (Phi) is 2.00. The lowest BCUT2D eigenvalue weighted by molar-refractivity contribution is 0.0556. The Morgan fingerprint density at radius 2 is 2.36 bits per heavy atom. The zero-order chi connectivity index (χ0) is 7.90. The number of alkyl halides is 1. The first-order valence-corrected chi connectivity index (χ1v) is 5.59. The standard InChI is InChI=1S/C9H15BrO/c1-7-5-9(7,6-10)8-3-2-4-11-8/h7-8H,2-6H2,1H3. The average molecular weight is 219 g/mol. The summed E-state index contributed by atoms with van der Waals surface area (Å²) in [5, 5.41) is 1.13. The van der Waals surface area contributed by atoms with E-state index in [0.29, 0.717) is 11.5 Å². The largest absolute Gasteiger partial charge is 0.378 e. The van der Waals surface area contributed by atoms with E-state index in [0.717, 1.165) is 17.9 Å². The normalized spacial score (nSPS) is 49.6. The van der Waals surface area contributed by atoms with Crippen LogP contribution in [0.15, 0.2) is 0 Å². The molecule has 0 N–H and O–H groups in total. The smallest absolute Gasteiger partial charge is 0.0642 e. The van der Waals surface area contributed by atoms with Gasteiger partial charge in [-0.2, -0.15) is 0 Å². The van der Waals surface area contributed by atoms with Gasteiger partial charge in [-0.3, -0.25) is 0 Å². The minimum atomic E-state index is 0.524. The zero-order valence-corrected chi connectivity index (χ0v) is 8.56. The van der Waals surface area contributed by atoms with Gasteiger partial charge in [-0.05, 0) is 25.2 Å². The molecule has 64 valence electrons. The quantitative estimate of drug-likeness (QED) is 0.648. The van der Waals surface area contributed by atoms with Crippen molar-refractivity contribution in [2.45, 2.75) is 32.3 Å². The fourth-order valence-corrected chi connectivity index (χ4v) is 3.41. The summed E-state index contributed by atoms with van der Waals surface area (Å²) in [5.74, 6) is 0.880. The first-order valence-electron chi connectivity index (χ1n) is 4.47. The molecule has 1 aliphatic carbocycles. The van der Waals surface area contributed by atoms with Crippen molar-refractivity contribution < 1.29 is 4.74 Å². The molecule has 11 heavy (non-hydrogen) atoms. The van der Waals surface area contributed by atoms with Crippen molar-refractivity contribution >= 4 is 15.9 Å². The molecule has 3 unspecified atom stereocenters. The second-order valence-electron chi connectivity index (χ2n) is 3.97. The number of rotatable bonds is 2. The second-order valence-corrected chi connectivity index (χ2v) is 4.53. The van der Waals surface area contributed by atoms with Crippen LogP contribution in [-0.2, 0) is 4.74 Å². The van der Waals surface area contributed by atoms with E-state index in [1.54, 1.807) is 0 Å². The topological polar surface area (TPSA) is 9.23 Å². The Bertz CT molecular complexity index is 150. The lowest BCUT2D eigenvalue weighted by Crippen LogP contribution is -2.24. The Hall–Kier alpha value is 0.440. The molecular formula is C9H15BrO. The van der Waals surface area contributed by atoms with Gasteiger partial charge in [0.15, 0.2) is 0 Å². The first kappa shape index (κ1) is 8.06. The summed E-state index contributed by atoms with van der Waals surface area (Å²) >= 11 is 3.60. The molecule has 2 aliphatic rings. The Balaban J connectivity index is 2.01. The van der Waals surface area contributed by atoms with Gasteiger partial charge >= 0.3 is 0 Å². The van der Waals surface area contributed by atoms with Gasteiger partial charge in [0.1, 0.15) is 0 Å². The minimum Gasteiger partial charge on any atom is -0.378 e. The van der Waals surface area contributed by atoms with Crippen LogP contribution in [0.1, 0.15) is 26.2 Å². The molecule has 1 nitrogen and oxygen atoms in total. The molecule has 0 aromatic carbocycles. The highest BCUT2D eigenvalue weighted by Gasteiger charge is 2.56. The van der Waals surface area contributed by atoms with Crippen LogP contribution in [-0.4, -0.2) is 18.0 Å². The van der Waals surface area contributed by atoms with Gasteiger partial charge in [0.05, 0.1) is 6.10 Å². The maximum absolute atomic E-state index is 5.71. The molecule has 3 atom stereocenters. The van der Waals surface area contributed by atoms with E-state index >= 15 is 0 Å². The molecule has 0 aromatic rings. The molecule has 1 aliphatic heterocycles. The number of hydrogen-bond acceptors (Lipinski definition) is 1.